The molecule has 5 nitrogen and oxygen atoms in total. The van der Waals surface area contributed by atoms with E-state index >= 15 is 0 Å². The van der Waals surface area contributed by atoms with Crippen molar-refractivity contribution < 1.29 is 9.90 Å². The Hall–Kier alpha value is -1.33. The smallest absolute Gasteiger partial charge is 0.270 e. The van der Waals surface area contributed by atoms with Gasteiger partial charge in [-0.2, -0.15) is 0 Å². The van der Waals surface area contributed by atoms with Crippen LogP contribution in [0.3, 0.4) is 0 Å². The molecule has 1 aromatic heterocycles. The number of aromatic nitrogens is 1. The predicted molar refractivity (Wildman–Crippen MR) is 92.5 cm³/mol. The van der Waals surface area contributed by atoms with Gasteiger partial charge in [0.2, 0.25) is 0 Å². The topological polar surface area (TPSA) is 48.7 Å². The molecule has 0 bridgehead atoms. The van der Waals surface area contributed by atoms with Crippen LogP contribution in [0.2, 0.25) is 0 Å². The molecule has 2 atom stereocenters. The van der Waals surface area contributed by atoms with Gasteiger partial charge in [-0.25, -0.2) is 0 Å². The van der Waals surface area contributed by atoms with E-state index in [-0.39, 0.29) is 11.9 Å². The highest BCUT2D eigenvalue weighted by Gasteiger charge is 2.37. The first-order valence-electron chi connectivity index (χ1n) is 8.65. The van der Waals surface area contributed by atoms with Crippen molar-refractivity contribution >= 4 is 5.91 Å². The van der Waals surface area contributed by atoms with Gasteiger partial charge in [0.05, 0.1) is 5.60 Å². The number of carbonyl (C=O) groups excluding carboxylic acids is 1. The number of amides is 1. The van der Waals surface area contributed by atoms with Crippen molar-refractivity contribution in [2.45, 2.75) is 58.2 Å². The molecule has 1 amide bonds. The number of hydrogen-bond acceptors (Lipinski definition) is 3. The lowest BCUT2D eigenvalue weighted by atomic mass is 9.99. The van der Waals surface area contributed by atoms with Crippen molar-refractivity contribution in [2.75, 3.05) is 19.6 Å². The number of carbonyl (C=O) groups is 1. The fraction of sp³-hybridized carbons (Fsp3) is 0.722. The highest BCUT2D eigenvalue weighted by molar-refractivity contribution is 5.93. The minimum atomic E-state index is -0.712. The van der Waals surface area contributed by atoms with E-state index in [2.05, 4.69) is 18.7 Å². The molecule has 1 aromatic rings. The number of nitrogens with zero attached hydrogens (tertiary/aromatic N) is 3. The number of rotatable bonds is 5. The Labute approximate surface area is 139 Å². The van der Waals surface area contributed by atoms with E-state index in [4.69, 9.17) is 0 Å². The summed E-state index contributed by atoms with van der Waals surface area (Å²) in [5, 5.41) is 10.2. The lowest BCUT2D eigenvalue weighted by molar-refractivity contribution is -0.0239. The van der Waals surface area contributed by atoms with Crippen molar-refractivity contribution in [3.05, 3.63) is 24.0 Å². The van der Waals surface area contributed by atoms with E-state index in [1.807, 2.05) is 48.7 Å². The average Bonchev–Trinajstić information content (AvgIpc) is 2.90. The maximum Gasteiger partial charge on any atom is 0.270 e. The van der Waals surface area contributed by atoms with Crippen LogP contribution in [0.4, 0.5) is 0 Å². The molecule has 1 saturated heterocycles. The molecular formula is C18H31N3O2. The second kappa shape index (κ2) is 7.05. The zero-order chi connectivity index (χ0) is 17.2. The molecule has 23 heavy (non-hydrogen) atoms. The van der Waals surface area contributed by atoms with E-state index in [1.54, 1.807) is 0 Å². The minimum absolute atomic E-state index is 0.116. The van der Waals surface area contributed by atoms with Gasteiger partial charge in [0.25, 0.3) is 5.91 Å². The van der Waals surface area contributed by atoms with Crippen LogP contribution < -0.4 is 0 Å². The minimum Gasteiger partial charge on any atom is -0.389 e. The highest BCUT2D eigenvalue weighted by atomic mass is 16.3. The summed E-state index contributed by atoms with van der Waals surface area (Å²) >= 11 is 0. The second-order valence-corrected chi connectivity index (χ2v) is 7.33. The van der Waals surface area contributed by atoms with E-state index in [9.17, 15) is 9.90 Å². The molecule has 0 spiro atoms. The Morgan fingerprint density at radius 1 is 1.26 bits per heavy atom. The van der Waals surface area contributed by atoms with Crippen molar-refractivity contribution in [3.8, 4) is 0 Å². The number of piperazine rings is 1. The molecule has 0 aliphatic carbocycles. The number of aryl methyl sites for hydroxylation is 1. The summed E-state index contributed by atoms with van der Waals surface area (Å²) in [6.07, 6.45) is 3.81. The van der Waals surface area contributed by atoms with Gasteiger partial charge in [-0.1, -0.05) is 13.8 Å². The fourth-order valence-electron chi connectivity index (χ4n) is 3.52. The normalized spacial score (nSPS) is 23.3. The molecule has 1 N–H and O–H groups in total. The van der Waals surface area contributed by atoms with Crippen LogP contribution in [-0.2, 0) is 7.05 Å². The van der Waals surface area contributed by atoms with Crippen molar-refractivity contribution in [3.63, 3.8) is 0 Å². The molecule has 1 aliphatic rings. The van der Waals surface area contributed by atoms with Gasteiger partial charge >= 0.3 is 0 Å². The summed E-state index contributed by atoms with van der Waals surface area (Å²) in [4.78, 5) is 17.3. The first kappa shape index (κ1) is 18.0. The van der Waals surface area contributed by atoms with Gasteiger partial charge in [0.15, 0.2) is 0 Å². The molecule has 0 aromatic carbocycles. The Bertz CT molecular complexity index is 533. The Morgan fingerprint density at radius 3 is 2.39 bits per heavy atom. The summed E-state index contributed by atoms with van der Waals surface area (Å²) in [6, 6.07) is 4.30. The fourth-order valence-corrected chi connectivity index (χ4v) is 3.52. The zero-order valence-electron chi connectivity index (χ0n) is 15.1. The summed E-state index contributed by atoms with van der Waals surface area (Å²) in [5.74, 6) is 0.116. The van der Waals surface area contributed by atoms with E-state index < -0.39 is 5.60 Å². The van der Waals surface area contributed by atoms with Gasteiger partial charge in [-0.15, -0.1) is 0 Å². The number of hydrogen-bond donors (Lipinski definition) is 1. The largest absolute Gasteiger partial charge is 0.389 e. The van der Waals surface area contributed by atoms with Gasteiger partial charge in [-0.3, -0.25) is 9.69 Å². The summed E-state index contributed by atoms with van der Waals surface area (Å²) < 4.78 is 1.89. The van der Waals surface area contributed by atoms with Crippen molar-refractivity contribution in [1.29, 1.82) is 0 Å². The maximum atomic E-state index is 12.9. The third-order valence-electron chi connectivity index (χ3n) is 4.77. The SMILES string of the molecule is CC[C@@H]1CN(C(=O)c2cccn2C)[C@H](CC)CN1CC(C)(C)O. The quantitative estimate of drug-likeness (QED) is 0.903. The first-order valence-corrected chi connectivity index (χ1v) is 8.65. The monoisotopic (exact) mass is 321 g/mol. The number of β-amino-alcohol motifs (C(OH)–C–C–N with tert-alkyl or cyclic N) is 1. The standard InChI is InChI=1S/C18H31N3O2/c1-6-14-12-21(17(22)16-9-8-10-19(16)5)15(7-2)11-20(14)13-18(3,4)23/h8-10,14-15,23H,6-7,11-13H2,1-5H3/t14-,15-/m1/s1. The van der Waals surface area contributed by atoms with E-state index in [1.165, 1.54) is 0 Å². The maximum absolute atomic E-state index is 12.9. The van der Waals surface area contributed by atoms with E-state index in [0.717, 1.165) is 31.6 Å². The molecule has 0 unspecified atom stereocenters. The summed E-state index contributed by atoms with van der Waals surface area (Å²) in [6.45, 7) is 10.2. The first-order chi connectivity index (χ1) is 10.8. The molecule has 0 saturated carbocycles. The third kappa shape index (κ3) is 4.15. The summed E-state index contributed by atoms with van der Waals surface area (Å²) in [5.41, 5.74) is 0.0324. The van der Waals surface area contributed by atoms with Crippen LogP contribution in [0.1, 0.15) is 51.0 Å². The van der Waals surface area contributed by atoms with Crippen LogP contribution in [0.5, 0.6) is 0 Å². The second-order valence-electron chi connectivity index (χ2n) is 7.33. The molecule has 5 heteroatoms. The molecule has 2 heterocycles. The third-order valence-corrected chi connectivity index (χ3v) is 4.77. The Kier molecular flexibility index (Phi) is 5.53. The lowest BCUT2D eigenvalue weighted by Gasteiger charge is -2.47. The molecule has 0 radical (unpaired) electrons. The van der Waals surface area contributed by atoms with E-state index in [0.29, 0.717) is 12.6 Å². The zero-order valence-corrected chi connectivity index (χ0v) is 15.1. The van der Waals surface area contributed by atoms with Crippen LogP contribution in [-0.4, -0.2) is 62.7 Å². The van der Waals surface area contributed by atoms with Gasteiger partial charge < -0.3 is 14.6 Å². The van der Waals surface area contributed by atoms with Crippen LogP contribution in [0.15, 0.2) is 18.3 Å². The highest BCUT2D eigenvalue weighted by Crippen LogP contribution is 2.23. The molecule has 1 aliphatic heterocycles. The average molecular weight is 321 g/mol. The lowest BCUT2D eigenvalue weighted by Crippen LogP contribution is -2.61. The molecular weight excluding hydrogens is 290 g/mol. The van der Waals surface area contributed by atoms with Gasteiger partial charge in [0, 0.05) is 45.0 Å². The van der Waals surface area contributed by atoms with Crippen molar-refractivity contribution in [2.24, 2.45) is 7.05 Å². The Balaban J connectivity index is 2.19. The van der Waals surface area contributed by atoms with Crippen LogP contribution in [0, 0.1) is 0 Å². The van der Waals surface area contributed by atoms with Crippen LogP contribution >= 0.6 is 0 Å². The molecule has 1 fully saturated rings. The predicted octanol–water partition coefficient (Wildman–Crippen LogP) is 2.11. The number of aliphatic hydroxyl groups is 1. The van der Waals surface area contributed by atoms with Crippen LogP contribution in [0.25, 0.3) is 0 Å². The molecule has 130 valence electrons. The Morgan fingerprint density at radius 2 is 1.91 bits per heavy atom. The van der Waals surface area contributed by atoms with Crippen molar-refractivity contribution in [1.82, 2.24) is 14.4 Å². The van der Waals surface area contributed by atoms with Gasteiger partial charge in [0.1, 0.15) is 5.69 Å². The summed E-state index contributed by atoms with van der Waals surface area (Å²) in [7, 11) is 1.91. The molecule has 2 rings (SSSR count). The van der Waals surface area contributed by atoms with Gasteiger partial charge in [-0.05, 0) is 38.8 Å².